The van der Waals surface area contributed by atoms with Gasteiger partial charge >= 0.3 is 6.03 Å². The van der Waals surface area contributed by atoms with Crippen LogP contribution in [0, 0.1) is 5.41 Å². The van der Waals surface area contributed by atoms with Crippen LogP contribution in [-0.4, -0.2) is 79.5 Å². The number of nitrogens with one attached hydrogen (secondary N) is 1. The van der Waals surface area contributed by atoms with E-state index in [1.807, 2.05) is 9.80 Å². The molecule has 2 fully saturated rings. The van der Waals surface area contributed by atoms with Crippen molar-refractivity contribution in [1.82, 2.24) is 20.0 Å². The van der Waals surface area contributed by atoms with E-state index in [0.717, 1.165) is 19.4 Å². The minimum atomic E-state index is -0.0950. The van der Waals surface area contributed by atoms with E-state index in [1.165, 1.54) is 0 Å². The Morgan fingerprint density at radius 3 is 2.19 bits per heavy atom. The van der Waals surface area contributed by atoms with E-state index < -0.39 is 0 Å². The summed E-state index contributed by atoms with van der Waals surface area (Å²) in [4.78, 5) is 29.9. The molecular formula is C15H28N4O2. The van der Waals surface area contributed by atoms with Crippen molar-refractivity contribution in [3.05, 3.63) is 0 Å². The van der Waals surface area contributed by atoms with Gasteiger partial charge in [-0.1, -0.05) is 13.8 Å². The highest BCUT2D eigenvalue weighted by atomic mass is 16.2. The average Bonchev–Trinajstić information content (AvgIpc) is 2.45. The molecule has 0 radical (unpaired) electrons. The van der Waals surface area contributed by atoms with Crippen molar-refractivity contribution in [1.29, 1.82) is 0 Å². The molecule has 0 aliphatic carbocycles. The molecule has 2 aliphatic rings. The fourth-order valence-electron chi connectivity index (χ4n) is 3.22. The van der Waals surface area contributed by atoms with E-state index in [1.54, 1.807) is 19.0 Å². The van der Waals surface area contributed by atoms with Gasteiger partial charge in [-0.25, -0.2) is 4.79 Å². The SMILES string of the molecule is CN(C)C(=O)N1CCN(C(=O)C2NCCCC2(C)C)CC1. The zero-order valence-corrected chi connectivity index (χ0v) is 13.7. The van der Waals surface area contributed by atoms with Crippen molar-refractivity contribution < 1.29 is 9.59 Å². The number of carbonyl (C=O) groups is 2. The molecule has 2 heterocycles. The van der Waals surface area contributed by atoms with Crippen molar-refractivity contribution in [2.75, 3.05) is 46.8 Å². The van der Waals surface area contributed by atoms with Gasteiger partial charge in [0.2, 0.25) is 5.91 Å². The predicted octanol–water partition coefficient (Wildman–Crippen LogP) is 0.590. The van der Waals surface area contributed by atoms with Gasteiger partial charge in [-0.15, -0.1) is 0 Å². The summed E-state index contributed by atoms with van der Waals surface area (Å²) >= 11 is 0. The van der Waals surface area contributed by atoms with E-state index in [0.29, 0.717) is 26.2 Å². The first-order valence-corrected chi connectivity index (χ1v) is 7.81. The van der Waals surface area contributed by atoms with Crippen molar-refractivity contribution in [2.45, 2.75) is 32.7 Å². The van der Waals surface area contributed by atoms with Crippen LogP contribution in [0.1, 0.15) is 26.7 Å². The van der Waals surface area contributed by atoms with Gasteiger partial charge < -0.3 is 20.0 Å². The van der Waals surface area contributed by atoms with Gasteiger partial charge in [0.25, 0.3) is 0 Å². The molecule has 2 aliphatic heterocycles. The highest BCUT2D eigenvalue weighted by Crippen LogP contribution is 2.31. The lowest BCUT2D eigenvalue weighted by Gasteiger charge is -2.43. The number of nitrogens with zero attached hydrogens (tertiary/aromatic N) is 3. The number of piperidine rings is 1. The molecule has 120 valence electrons. The molecule has 3 amide bonds. The maximum absolute atomic E-state index is 12.7. The predicted molar refractivity (Wildman–Crippen MR) is 82.0 cm³/mol. The summed E-state index contributed by atoms with van der Waals surface area (Å²) in [6.07, 6.45) is 2.21. The summed E-state index contributed by atoms with van der Waals surface area (Å²) < 4.78 is 0. The smallest absolute Gasteiger partial charge is 0.319 e. The van der Waals surface area contributed by atoms with E-state index in [-0.39, 0.29) is 23.4 Å². The van der Waals surface area contributed by atoms with E-state index in [2.05, 4.69) is 19.2 Å². The summed E-state index contributed by atoms with van der Waals surface area (Å²) in [5.74, 6) is 0.191. The first-order chi connectivity index (χ1) is 9.83. The summed E-state index contributed by atoms with van der Waals surface area (Å²) in [5.41, 5.74) is 0.00588. The molecule has 2 rings (SSSR count). The molecule has 0 aromatic carbocycles. The van der Waals surface area contributed by atoms with Crippen LogP contribution in [0.2, 0.25) is 0 Å². The van der Waals surface area contributed by atoms with E-state index >= 15 is 0 Å². The Kier molecular flexibility index (Phi) is 4.76. The number of amides is 3. The fourth-order valence-corrected chi connectivity index (χ4v) is 3.22. The lowest BCUT2D eigenvalue weighted by Crippen LogP contribution is -2.60. The first kappa shape index (κ1) is 16.1. The molecule has 2 saturated heterocycles. The minimum Gasteiger partial charge on any atom is -0.338 e. The molecule has 0 spiro atoms. The molecule has 0 aromatic heterocycles. The lowest BCUT2D eigenvalue weighted by molar-refractivity contribution is -0.138. The normalized spacial score (nSPS) is 25.6. The summed E-state index contributed by atoms with van der Waals surface area (Å²) in [5, 5.41) is 3.38. The van der Waals surface area contributed by atoms with Crippen molar-refractivity contribution >= 4 is 11.9 Å². The highest BCUT2D eigenvalue weighted by molar-refractivity contribution is 5.83. The zero-order chi connectivity index (χ0) is 15.6. The third-order valence-electron chi connectivity index (χ3n) is 4.62. The maximum Gasteiger partial charge on any atom is 0.319 e. The standard InChI is InChI=1S/C15H28N4O2/c1-15(2)6-5-7-16-12(15)13(20)18-8-10-19(11-9-18)14(21)17(3)4/h12,16H,5-11H2,1-4H3. The van der Waals surface area contributed by atoms with Gasteiger partial charge in [-0.2, -0.15) is 0 Å². The van der Waals surface area contributed by atoms with Crippen LogP contribution in [0.5, 0.6) is 0 Å². The van der Waals surface area contributed by atoms with Gasteiger partial charge in [0, 0.05) is 40.3 Å². The Bertz CT molecular complexity index is 400. The monoisotopic (exact) mass is 296 g/mol. The van der Waals surface area contributed by atoms with Gasteiger partial charge in [0.15, 0.2) is 0 Å². The second-order valence-electron chi connectivity index (χ2n) is 6.97. The highest BCUT2D eigenvalue weighted by Gasteiger charge is 2.40. The Morgan fingerprint density at radius 1 is 1.10 bits per heavy atom. The van der Waals surface area contributed by atoms with E-state index in [4.69, 9.17) is 0 Å². The van der Waals surface area contributed by atoms with Crippen molar-refractivity contribution in [3.8, 4) is 0 Å². The molecule has 21 heavy (non-hydrogen) atoms. The number of hydrogen-bond donors (Lipinski definition) is 1. The van der Waals surface area contributed by atoms with Gasteiger partial charge in [-0.3, -0.25) is 4.79 Å². The van der Waals surface area contributed by atoms with Crippen LogP contribution in [0.25, 0.3) is 0 Å². The summed E-state index contributed by atoms with van der Waals surface area (Å²) in [6, 6.07) is -0.0689. The van der Waals surface area contributed by atoms with Gasteiger partial charge in [0.05, 0.1) is 6.04 Å². The zero-order valence-electron chi connectivity index (χ0n) is 13.7. The molecule has 6 nitrogen and oxygen atoms in total. The van der Waals surface area contributed by atoms with Crippen LogP contribution in [0.4, 0.5) is 4.79 Å². The third kappa shape index (κ3) is 3.48. The van der Waals surface area contributed by atoms with Crippen LogP contribution in [-0.2, 0) is 4.79 Å². The maximum atomic E-state index is 12.7. The quantitative estimate of drug-likeness (QED) is 0.770. The lowest BCUT2D eigenvalue weighted by atomic mass is 9.77. The average molecular weight is 296 g/mol. The van der Waals surface area contributed by atoms with Gasteiger partial charge in [-0.05, 0) is 24.8 Å². The minimum absolute atomic E-state index is 0.00588. The Labute approximate surface area is 127 Å². The van der Waals surface area contributed by atoms with Gasteiger partial charge in [0.1, 0.15) is 0 Å². The fraction of sp³-hybridized carbons (Fsp3) is 0.867. The second kappa shape index (κ2) is 6.22. The van der Waals surface area contributed by atoms with Crippen LogP contribution < -0.4 is 5.32 Å². The molecule has 0 saturated carbocycles. The number of rotatable bonds is 1. The van der Waals surface area contributed by atoms with Crippen LogP contribution in [0.15, 0.2) is 0 Å². The van der Waals surface area contributed by atoms with Crippen molar-refractivity contribution in [2.24, 2.45) is 5.41 Å². The van der Waals surface area contributed by atoms with E-state index in [9.17, 15) is 9.59 Å². The molecule has 6 heteroatoms. The molecule has 1 unspecified atom stereocenters. The summed E-state index contributed by atoms with van der Waals surface area (Å²) in [6.45, 7) is 7.74. The Hall–Kier alpha value is -1.30. The third-order valence-corrected chi connectivity index (χ3v) is 4.62. The number of urea groups is 1. The largest absolute Gasteiger partial charge is 0.338 e. The summed E-state index contributed by atoms with van der Waals surface area (Å²) in [7, 11) is 3.52. The second-order valence-corrected chi connectivity index (χ2v) is 6.97. The number of carbonyl (C=O) groups excluding carboxylic acids is 2. The topological polar surface area (TPSA) is 55.9 Å². The van der Waals surface area contributed by atoms with Crippen LogP contribution in [0.3, 0.4) is 0 Å². The van der Waals surface area contributed by atoms with Crippen molar-refractivity contribution in [3.63, 3.8) is 0 Å². The first-order valence-electron chi connectivity index (χ1n) is 7.81. The molecule has 1 atom stereocenters. The van der Waals surface area contributed by atoms with Crippen LogP contribution >= 0.6 is 0 Å². The molecule has 0 bridgehead atoms. The number of piperazine rings is 1. The molecular weight excluding hydrogens is 268 g/mol. The number of hydrogen-bond acceptors (Lipinski definition) is 3. The Morgan fingerprint density at radius 2 is 1.67 bits per heavy atom. The molecule has 0 aromatic rings. The Balaban J connectivity index is 1.92. The molecule has 1 N–H and O–H groups in total.